The number of likely N-dealkylation sites (N-methyl/N-ethyl adjacent to an activating group) is 1. The number of hydrogen-bond donors (Lipinski definition) is 5. The Bertz CT molecular complexity index is 1220. The van der Waals surface area contributed by atoms with Gasteiger partial charge in [-0.25, -0.2) is 0 Å². The van der Waals surface area contributed by atoms with Gasteiger partial charge in [0, 0.05) is 23.9 Å². The Balaban J connectivity index is 1.92. The van der Waals surface area contributed by atoms with Gasteiger partial charge in [0.1, 0.15) is 35.7 Å². The quantitative estimate of drug-likeness (QED) is 0.124. The Morgan fingerprint density at radius 1 is 1.03 bits per heavy atom. The Hall–Kier alpha value is -4.44. The van der Waals surface area contributed by atoms with Crippen molar-refractivity contribution in [1.82, 2.24) is 10.3 Å². The van der Waals surface area contributed by atoms with Crippen LogP contribution in [0.15, 0.2) is 66.7 Å². The van der Waals surface area contributed by atoms with Gasteiger partial charge in [-0.15, -0.1) is 0 Å². The Kier molecular flexibility index (Phi) is 10.2. The summed E-state index contributed by atoms with van der Waals surface area (Å²) in [5.74, 6) is 1.40. The first kappa shape index (κ1) is 28.1. The molecular formula is C28H36N6O4. The van der Waals surface area contributed by atoms with Gasteiger partial charge >= 0.3 is 0 Å². The highest BCUT2D eigenvalue weighted by atomic mass is 16.5. The van der Waals surface area contributed by atoms with Gasteiger partial charge in [0.05, 0.1) is 19.4 Å². The molecule has 3 aromatic carbocycles. The number of hydrazine groups is 1. The van der Waals surface area contributed by atoms with E-state index in [0.29, 0.717) is 53.0 Å². The molecule has 0 spiro atoms. The summed E-state index contributed by atoms with van der Waals surface area (Å²) < 4.78 is 17.1. The summed E-state index contributed by atoms with van der Waals surface area (Å²) in [5.41, 5.74) is 13.8. The maximum absolute atomic E-state index is 13.6. The van der Waals surface area contributed by atoms with Crippen LogP contribution in [0.25, 0.3) is 0 Å². The van der Waals surface area contributed by atoms with Crippen LogP contribution >= 0.6 is 0 Å². The van der Waals surface area contributed by atoms with E-state index in [2.05, 4.69) is 16.2 Å². The summed E-state index contributed by atoms with van der Waals surface area (Å²) in [6, 6.07) is 18.9. The van der Waals surface area contributed by atoms with Crippen LogP contribution in [0.3, 0.4) is 0 Å². The second-order valence-electron chi connectivity index (χ2n) is 8.71. The van der Waals surface area contributed by atoms with E-state index in [9.17, 15) is 4.79 Å². The van der Waals surface area contributed by atoms with E-state index >= 15 is 0 Å². The van der Waals surface area contributed by atoms with Crippen molar-refractivity contribution in [2.24, 2.45) is 5.73 Å². The predicted octanol–water partition coefficient (Wildman–Crippen LogP) is 3.61. The van der Waals surface area contributed by atoms with Crippen molar-refractivity contribution in [3.8, 4) is 17.2 Å². The number of amidine groups is 1. The zero-order valence-corrected chi connectivity index (χ0v) is 22.2. The lowest BCUT2D eigenvalue weighted by Crippen LogP contribution is -2.37. The second kappa shape index (κ2) is 13.8. The van der Waals surface area contributed by atoms with Crippen LogP contribution in [0.2, 0.25) is 0 Å². The number of ether oxygens (including phenoxy) is 3. The molecule has 0 heterocycles. The molecule has 1 atom stereocenters. The van der Waals surface area contributed by atoms with E-state index in [1.165, 1.54) is 0 Å². The monoisotopic (exact) mass is 520 g/mol. The highest BCUT2D eigenvalue weighted by molar-refractivity contribution is 5.95. The number of methoxy groups -OCH3 is 1. The number of hydrogen-bond acceptors (Lipinski definition) is 8. The van der Waals surface area contributed by atoms with Crippen molar-refractivity contribution in [3.05, 3.63) is 77.9 Å². The Labute approximate surface area is 223 Å². The molecule has 3 aromatic rings. The van der Waals surface area contributed by atoms with Gasteiger partial charge in [0.2, 0.25) is 0 Å². The molecule has 0 fully saturated rings. The molecule has 3 rings (SSSR count). The molecule has 0 saturated heterocycles. The molecule has 0 bridgehead atoms. The number of carbonyl (C=O) groups is 1. The van der Waals surface area contributed by atoms with Gasteiger partial charge in [0.25, 0.3) is 5.91 Å². The molecule has 0 aliphatic rings. The number of anilines is 2. The number of nitrogens with two attached hydrogens (primary N) is 1. The van der Waals surface area contributed by atoms with Crippen LogP contribution < -0.4 is 36.1 Å². The molecule has 10 nitrogen and oxygen atoms in total. The molecule has 1 unspecified atom stereocenters. The highest BCUT2D eigenvalue weighted by Crippen LogP contribution is 2.30. The zero-order chi connectivity index (χ0) is 27.5. The van der Waals surface area contributed by atoms with Crippen molar-refractivity contribution in [2.75, 3.05) is 51.7 Å². The van der Waals surface area contributed by atoms with Crippen molar-refractivity contribution in [3.63, 3.8) is 0 Å². The van der Waals surface area contributed by atoms with Crippen molar-refractivity contribution >= 4 is 23.1 Å². The second-order valence-corrected chi connectivity index (χ2v) is 8.71. The lowest BCUT2D eigenvalue weighted by molar-refractivity contribution is -0.121. The molecule has 202 valence electrons. The van der Waals surface area contributed by atoms with Crippen LogP contribution in [0.5, 0.6) is 17.2 Å². The van der Waals surface area contributed by atoms with Crippen LogP contribution in [-0.4, -0.2) is 57.6 Å². The number of amides is 1. The summed E-state index contributed by atoms with van der Waals surface area (Å²) in [5, 5.41) is 10.9. The van der Waals surface area contributed by atoms with Crippen LogP contribution in [-0.2, 0) is 4.79 Å². The average molecular weight is 521 g/mol. The molecule has 0 radical (unpaired) electrons. The van der Waals surface area contributed by atoms with Crippen LogP contribution in [0, 0.1) is 5.41 Å². The van der Waals surface area contributed by atoms with Gasteiger partial charge < -0.3 is 30.2 Å². The SMILES string of the molecule is CCOc1cc(OCCN(C)C)cc(C(Nc2ccc(C(=N)N)cc2)C(=O)NNc2ccccc2OC)c1. The first-order valence-electron chi connectivity index (χ1n) is 12.3. The first-order valence-corrected chi connectivity index (χ1v) is 12.3. The Morgan fingerprint density at radius 2 is 1.71 bits per heavy atom. The maximum Gasteiger partial charge on any atom is 0.265 e. The summed E-state index contributed by atoms with van der Waals surface area (Å²) in [6.07, 6.45) is 0. The number of para-hydroxylation sites is 2. The van der Waals surface area contributed by atoms with Gasteiger partial charge in [-0.05, 0) is 75.1 Å². The Morgan fingerprint density at radius 3 is 2.34 bits per heavy atom. The minimum Gasteiger partial charge on any atom is -0.495 e. The van der Waals surface area contributed by atoms with E-state index in [0.717, 1.165) is 6.54 Å². The van der Waals surface area contributed by atoms with Gasteiger partial charge in [-0.1, -0.05) is 12.1 Å². The zero-order valence-electron chi connectivity index (χ0n) is 22.2. The fraction of sp³-hybridized carbons (Fsp3) is 0.286. The molecule has 6 N–H and O–H groups in total. The number of nitrogens with zero attached hydrogens (tertiary/aromatic N) is 1. The predicted molar refractivity (Wildman–Crippen MR) is 150 cm³/mol. The molecule has 0 aromatic heterocycles. The molecule has 0 aliphatic heterocycles. The lowest BCUT2D eigenvalue weighted by atomic mass is 10.0. The molecule has 0 saturated carbocycles. The lowest BCUT2D eigenvalue weighted by Gasteiger charge is -2.22. The summed E-state index contributed by atoms with van der Waals surface area (Å²) in [6.45, 7) is 3.58. The number of benzene rings is 3. The van der Waals surface area contributed by atoms with E-state index in [1.54, 1.807) is 43.5 Å². The summed E-state index contributed by atoms with van der Waals surface area (Å²) in [4.78, 5) is 15.6. The smallest absolute Gasteiger partial charge is 0.265 e. The summed E-state index contributed by atoms with van der Waals surface area (Å²) in [7, 11) is 5.51. The third kappa shape index (κ3) is 8.04. The van der Waals surface area contributed by atoms with Gasteiger partial charge in [-0.2, -0.15) is 0 Å². The van der Waals surface area contributed by atoms with Crippen molar-refractivity contribution in [1.29, 1.82) is 5.41 Å². The summed E-state index contributed by atoms with van der Waals surface area (Å²) >= 11 is 0. The first-order chi connectivity index (χ1) is 18.3. The number of nitrogen functional groups attached to an aromatic ring is 1. The molecular weight excluding hydrogens is 484 g/mol. The molecule has 38 heavy (non-hydrogen) atoms. The number of carbonyl (C=O) groups excluding carboxylic acids is 1. The number of nitrogens with one attached hydrogen (secondary N) is 4. The molecule has 0 aliphatic carbocycles. The average Bonchev–Trinajstić information content (AvgIpc) is 2.90. The van der Waals surface area contributed by atoms with E-state index in [1.807, 2.05) is 56.3 Å². The molecule has 10 heteroatoms. The third-order valence-electron chi connectivity index (χ3n) is 5.55. The van der Waals surface area contributed by atoms with Gasteiger partial charge in [-0.3, -0.25) is 21.1 Å². The maximum atomic E-state index is 13.6. The van der Waals surface area contributed by atoms with Crippen molar-refractivity contribution < 1.29 is 19.0 Å². The van der Waals surface area contributed by atoms with Crippen molar-refractivity contribution in [2.45, 2.75) is 13.0 Å². The van der Waals surface area contributed by atoms with E-state index in [4.69, 9.17) is 25.4 Å². The standard InChI is InChI=1S/C28H36N6O4/c1-5-37-22-16-20(17-23(18-22)38-15-14-34(2)3)26(31-21-12-10-19(11-13-21)27(29)30)28(35)33-32-24-8-6-7-9-25(24)36-4/h6-13,16-18,26,31-32H,5,14-15H2,1-4H3,(H3,29,30)(H,33,35). The fourth-order valence-corrected chi connectivity index (χ4v) is 3.60. The minimum absolute atomic E-state index is 0.0317. The third-order valence-corrected chi connectivity index (χ3v) is 5.55. The highest BCUT2D eigenvalue weighted by Gasteiger charge is 2.23. The van der Waals surface area contributed by atoms with Crippen LogP contribution in [0.4, 0.5) is 11.4 Å². The number of rotatable bonds is 14. The van der Waals surface area contributed by atoms with Gasteiger partial charge in [0.15, 0.2) is 0 Å². The van der Waals surface area contributed by atoms with Crippen LogP contribution in [0.1, 0.15) is 24.1 Å². The topological polar surface area (TPSA) is 134 Å². The minimum atomic E-state index is -0.822. The normalized spacial score (nSPS) is 11.4. The van der Waals surface area contributed by atoms with E-state index in [-0.39, 0.29) is 11.7 Å². The largest absolute Gasteiger partial charge is 0.495 e. The van der Waals surface area contributed by atoms with E-state index < -0.39 is 6.04 Å². The molecule has 1 amide bonds. The fourth-order valence-electron chi connectivity index (χ4n) is 3.60.